The van der Waals surface area contributed by atoms with Crippen molar-refractivity contribution in [2.45, 2.75) is 6.18 Å². The van der Waals surface area contributed by atoms with Gasteiger partial charge in [-0.05, 0) is 12.1 Å². The minimum absolute atomic E-state index is 0.205. The predicted molar refractivity (Wildman–Crippen MR) is 55.0 cm³/mol. The molecule has 17 heavy (non-hydrogen) atoms. The van der Waals surface area contributed by atoms with Crippen molar-refractivity contribution in [2.24, 2.45) is 5.84 Å². The van der Waals surface area contributed by atoms with Gasteiger partial charge >= 0.3 is 6.18 Å². The molecule has 1 aromatic heterocycles. The molecule has 1 aromatic carbocycles. The Labute approximate surface area is 93.6 Å². The van der Waals surface area contributed by atoms with E-state index in [1.165, 1.54) is 12.3 Å². The van der Waals surface area contributed by atoms with Gasteiger partial charge in [0.1, 0.15) is 0 Å². The van der Waals surface area contributed by atoms with Crippen molar-refractivity contribution in [2.75, 3.05) is 0 Å². The number of amides is 1. The van der Waals surface area contributed by atoms with E-state index in [1.807, 2.05) is 5.43 Å². The molecular formula is C10H8F3N3O. The fraction of sp³-hybridized carbons (Fsp3) is 0.100. The molecule has 2 rings (SSSR count). The highest BCUT2D eigenvalue weighted by Crippen LogP contribution is 2.31. The first-order valence-corrected chi connectivity index (χ1v) is 4.63. The van der Waals surface area contributed by atoms with E-state index in [9.17, 15) is 18.0 Å². The highest BCUT2D eigenvalue weighted by Gasteiger charge is 2.30. The van der Waals surface area contributed by atoms with Crippen LogP contribution in [-0.2, 0) is 6.18 Å². The number of carbonyl (C=O) groups excluding carboxylic acids is 1. The molecule has 1 amide bonds. The summed E-state index contributed by atoms with van der Waals surface area (Å²) < 4.78 is 37.3. The van der Waals surface area contributed by atoms with E-state index in [-0.39, 0.29) is 11.1 Å². The molecule has 0 aliphatic rings. The number of nitrogens with two attached hydrogens (primary N) is 1. The van der Waals surface area contributed by atoms with Crippen molar-refractivity contribution in [1.29, 1.82) is 0 Å². The Morgan fingerprint density at radius 2 is 2.06 bits per heavy atom. The zero-order valence-electron chi connectivity index (χ0n) is 8.43. The average Bonchev–Trinajstić information content (AvgIpc) is 2.69. The van der Waals surface area contributed by atoms with Crippen LogP contribution in [0.1, 0.15) is 15.9 Å². The maximum Gasteiger partial charge on any atom is 0.416 e. The molecule has 4 N–H and O–H groups in total. The standard InChI is InChI=1S/C10H8F3N3O/c11-10(12,13)5-1-2-6-7(9(17)16-14)4-15-8(6)3-5/h1-4,15H,14H2,(H,16,17). The van der Waals surface area contributed by atoms with Gasteiger partial charge in [-0.15, -0.1) is 0 Å². The number of aromatic amines is 1. The van der Waals surface area contributed by atoms with Gasteiger partial charge in [-0.3, -0.25) is 10.2 Å². The minimum Gasteiger partial charge on any atom is -0.360 e. The van der Waals surface area contributed by atoms with Crippen LogP contribution in [0.5, 0.6) is 0 Å². The Bertz CT molecular complexity index is 574. The predicted octanol–water partition coefficient (Wildman–Crippen LogP) is 1.79. The quantitative estimate of drug-likeness (QED) is 0.406. The summed E-state index contributed by atoms with van der Waals surface area (Å²) in [5.41, 5.74) is 1.59. The number of rotatable bonds is 1. The summed E-state index contributed by atoms with van der Waals surface area (Å²) in [5.74, 6) is 4.40. The zero-order chi connectivity index (χ0) is 12.6. The number of halogens is 3. The molecule has 0 aliphatic carbocycles. The second-order valence-electron chi connectivity index (χ2n) is 3.43. The van der Waals surface area contributed by atoms with Crippen LogP contribution >= 0.6 is 0 Å². The Morgan fingerprint density at radius 3 is 2.65 bits per heavy atom. The lowest BCUT2D eigenvalue weighted by atomic mass is 10.1. The summed E-state index contributed by atoms with van der Waals surface area (Å²) in [6.07, 6.45) is -3.09. The van der Waals surface area contributed by atoms with Crippen molar-refractivity contribution in [3.8, 4) is 0 Å². The van der Waals surface area contributed by atoms with Crippen LogP contribution in [-0.4, -0.2) is 10.9 Å². The molecule has 0 atom stereocenters. The Hall–Kier alpha value is -2.02. The molecule has 0 fully saturated rings. The summed E-state index contributed by atoms with van der Waals surface area (Å²) in [6, 6.07) is 3.10. The Kier molecular flexibility index (Phi) is 2.55. The van der Waals surface area contributed by atoms with Crippen LogP contribution in [0.4, 0.5) is 13.2 Å². The third-order valence-electron chi connectivity index (χ3n) is 2.38. The van der Waals surface area contributed by atoms with Crippen molar-refractivity contribution in [3.05, 3.63) is 35.5 Å². The fourth-order valence-electron chi connectivity index (χ4n) is 1.57. The highest BCUT2D eigenvalue weighted by molar-refractivity contribution is 6.06. The number of H-pyrrole nitrogens is 1. The van der Waals surface area contributed by atoms with Crippen molar-refractivity contribution in [1.82, 2.24) is 10.4 Å². The molecule has 7 heteroatoms. The van der Waals surface area contributed by atoms with Gasteiger partial charge in [0.2, 0.25) is 0 Å². The molecule has 0 unspecified atom stereocenters. The second kappa shape index (κ2) is 3.77. The summed E-state index contributed by atoms with van der Waals surface area (Å²) in [4.78, 5) is 13.9. The normalized spacial score (nSPS) is 11.8. The van der Waals surface area contributed by atoms with E-state index in [1.54, 1.807) is 0 Å². The van der Waals surface area contributed by atoms with Gasteiger partial charge in [-0.2, -0.15) is 13.2 Å². The number of fused-ring (bicyclic) bond motifs is 1. The topological polar surface area (TPSA) is 70.9 Å². The van der Waals surface area contributed by atoms with Crippen molar-refractivity contribution < 1.29 is 18.0 Å². The van der Waals surface area contributed by atoms with Gasteiger partial charge < -0.3 is 4.98 Å². The molecule has 0 bridgehead atoms. The van der Waals surface area contributed by atoms with Crippen LogP contribution in [0.2, 0.25) is 0 Å². The van der Waals surface area contributed by atoms with Crippen molar-refractivity contribution in [3.63, 3.8) is 0 Å². The van der Waals surface area contributed by atoms with Crippen molar-refractivity contribution >= 4 is 16.8 Å². The number of carbonyl (C=O) groups is 1. The molecule has 0 aliphatic heterocycles. The molecular weight excluding hydrogens is 235 g/mol. The number of alkyl halides is 3. The third-order valence-corrected chi connectivity index (χ3v) is 2.38. The monoisotopic (exact) mass is 243 g/mol. The lowest BCUT2D eigenvalue weighted by molar-refractivity contribution is -0.137. The van der Waals surface area contributed by atoms with Gasteiger partial charge in [0.05, 0.1) is 11.1 Å². The lowest BCUT2D eigenvalue weighted by Gasteiger charge is -2.06. The maximum absolute atomic E-state index is 12.4. The molecule has 2 aromatic rings. The van der Waals surface area contributed by atoms with Crippen LogP contribution < -0.4 is 11.3 Å². The average molecular weight is 243 g/mol. The second-order valence-corrected chi connectivity index (χ2v) is 3.43. The number of hydrogen-bond donors (Lipinski definition) is 3. The molecule has 0 saturated heterocycles. The molecule has 1 heterocycles. The van der Waals surface area contributed by atoms with Gasteiger partial charge in [0, 0.05) is 17.1 Å². The summed E-state index contributed by atoms with van der Waals surface area (Å²) >= 11 is 0. The molecule has 4 nitrogen and oxygen atoms in total. The van der Waals surface area contributed by atoms with E-state index in [0.29, 0.717) is 5.39 Å². The summed E-state index contributed by atoms with van der Waals surface area (Å²) in [5, 5.41) is 0.390. The number of nitrogens with one attached hydrogen (secondary N) is 2. The van der Waals surface area contributed by atoms with E-state index in [2.05, 4.69) is 4.98 Å². The smallest absolute Gasteiger partial charge is 0.360 e. The number of benzene rings is 1. The highest BCUT2D eigenvalue weighted by atomic mass is 19.4. The van der Waals surface area contributed by atoms with Crippen LogP contribution in [0, 0.1) is 0 Å². The molecule has 0 radical (unpaired) electrons. The first-order valence-electron chi connectivity index (χ1n) is 4.63. The Balaban J connectivity index is 2.56. The summed E-state index contributed by atoms with van der Waals surface area (Å²) in [7, 11) is 0. The van der Waals surface area contributed by atoms with Crippen LogP contribution in [0.25, 0.3) is 10.9 Å². The van der Waals surface area contributed by atoms with E-state index in [0.717, 1.165) is 12.1 Å². The Morgan fingerprint density at radius 1 is 1.35 bits per heavy atom. The van der Waals surface area contributed by atoms with E-state index < -0.39 is 17.6 Å². The SMILES string of the molecule is NNC(=O)c1c[nH]c2cc(C(F)(F)F)ccc12. The number of hydrogen-bond acceptors (Lipinski definition) is 2. The van der Waals surface area contributed by atoms with Gasteiger partial charge in [0.15, 0.2) is 0 Å². The molecule has 0 spiro atoms. The van der Waals surface area contributed by atoms with Gasteiger partial charge in [0.25, 0.3) is 5.91 Å². The van der Waals surface area contributed by atoms with Crippen LogP contribution in [0.3, 0.4) is 0 Å². The summed E-state index contributed by atoms with van der Waals surface area (Å²) in [6.45, 7) is 0. The number of hydrazine groups is 1. The number of aromatic nitrogens is 1. The minimum atomic E-state index is -4.41. The molecule has 0 saturated carbocycles. The molecule has 90 valence electrons. The number of nitrogen functional groups attached to an aromatic ring is 1. The first kappa shape index (κ1) is 11.5. The van der Waals surface area contributed by atoms with E-state index >= 15 is 0 Å². The van der Waals surface area contributed by atoms with Gasteiger partial charge in [-0.25, -0.2) is 5.84 Å². The maximum atomic E-state index is 12.4. The third kappa shape index (κ3) is 1.96. The zero-order valence-corrected chi connectivity index (χ0v) is 8.43. The fourth-order valence-corrected chi connectivity index (χ4v) is 1.57. The van der Waals surface area contributed by atoms with Crippen LogP contribution in [0.15, 0.2) is 24.4 Å². The van der Waals surface area contributed by atoms with E-state index in [4.69, 9.17) is 5.84 Å². The first-order chi connectivity index (χ1) is 7.93. The largest absolute Gasteiger partial charge is 0.416 e. The lowest BCUT2D eigenvalue weighted by Crippen LogP contribution is -2.29. The van der Waals surface area contributed by atoms with Gasteiger partial charge in [-0.1, -0.05) is 6.07 Å².